The Bertz CT molecular complexity index is 303. The van der Waals surface area contributed by atoms with Gasteiger partial charge in [0.15, 0.2) is 0 Å². The summed E-state index contributed by atoms with van der Waals surface area (Å²) in [6.07, 6.45) is 4.73. The summed E-state index contributed by atoms with van der Waals surface area (Å²) in [4.78, 5) is 16.1. The van der Waals surface area contributed by atoms with Crippen molar-refractivity contribution < 1.29 is 9.53 Å². The Morgan fingerprint density at radius 2 is 1.89 bits per heavy atom. The summed E-state index contributed by atoms with van der Waals surface area (Å²) in [5, 5.41) is 0. The average molecular weight is 252 g/mol. The first-order chi connectivity index (χ1) is 8.72. The maximum absolute atomic E-state index is 11.6. The number of likely N-dealkylation sites (tertiary alicyclic amines) is 1. The number of ether oxygens (including phenoxy) is 1. The zero-order valence-electron chi connectivity index (χ0n) is 11.4. The molecule has 1 amide bonds. The smallest absolute Gasteiger partial charge is 0.245 e. The van der Waals surface area contributed by atoms with E-state index in [1.807, 2.05) is 4.90 Å². The summed E-state index contributed by atoms with van der Waals surface area (Å²) in [5.41, 5.74) is 0.279. The second-order valence-electron chi connectivity index (χ2n) is 5.21. The van der Waals surface area contributed by atoms with Gasteiger partial charge in [-0.2, -0.15) is 0 Å². The summed E-state index contributed by atoms with van der Waals surface area (Å²) in [7, 11) is 0. The fourth-order valence-electron chi connectivity index (χ4n) is 3.20. The molecule has 2 fully saturated rings. The number of morpholine rings is 1. The minimum atomic E-state index is 0.0710. The molecule has 0 aromatic carbocycles. The zero-order chi connectivity index (χ0) is 13.0. The fraction of sp³-hybridized carbons (Fsp3) is 0.786. The molecule has 4 nitrogen and oxygen atoms in total. The van der Waals surface area contributed by atoms with Crippen LogP contribution in [0.25, 0.3) is 0 Å². The molecular formula is C14H24N2O2. The molecule has 0 radical (unpaired) electrons. The summed E-state index contributed by atoms with van der Waals surface area (Å²) in [6, 6.07) is 0. The predicted octanol–water partition coefficient (Wildman–Crippen LogP) is 1.28. The molecule has 0 aliphatic carbocycles. The Morgan fingerprint density at radius 3 is 2.39 bits per heavy atom. The highest BCUT2D eigenvalue weighted by Crippen LogP contribution is 2.32. The van der Waals surface area contributed by atoms with Gasteiger partial charge in [0.25, 0.3) is 0 Å². The van der Waals surface area contributed by atoms with Gasteiger partial charge in [0.2, 0.25) is 5.91 Å². The van der Waals surface area contributed by atoms with Crippen molar-refractivity contribution in [3.05, 3.63) is 12.7 Å². The lowest BCUT2D eigenvalue weighted by Crippen LogP contribution is -2.58. The topological polar surface area (TPSA) is 32.8 Å². The van der Waals surface area contributed by atoms with Gasteiger partial charge in [0, 0.05) is 31.7 Å². The standard InChI is InChI=1S/C14H24N2O2/c1-3-13(17)15-7-5-14(4-2,6-8-15)16-9-11-18-12-10-16/h3H,1,4-12H2,2H3. The molecule has 2 aliphatic rings. The predicted molar refractivity (Wildman–Crippen MR) is 71.4 cm³/mol. The molecule has 2 rings (SSSR count). The van der Waals surface area contributed by atoms with Gasteiger partial charge in [-0.05, 0) is 25.3 Å². The second kappa shape index (κ2) is 5.85. The maximum Gasteiger partial charge on any atom is 0.245 e. The third-order valence-electron chi connectivity index (χ3n) is 4.52. The van der Waals surface area contributed by atoms with Crippen molar-refractivity contribution in [1.82, 2.24) is 9.80 Å². The first kappa shape index (κ1) is 13.6. The third kappa shape index (κ3) is 2.59. The van der Waals surface area contributed by atoms with Gasteiger partial charge < -0.3 is 9.64 Å². The van der Waals surface area contributed by atoms with Gasteiger partial charge in [-0.3, -0.25) is 9.69 Å². The van der Waals surface area contributed by atoms with E-state index in [-0.39, 0.29) is 11.4 Å². The van der Waals surface area contributed by atoms with Crippen LogP contribution >= 0.6 is 0 Å². The van der Waals surface area contributed by atoms with Crippen LogP contribution in [0, 0.1) is 0 Å². The van der Waals surface area contributed by atoms with E-state index in [4.69, 9.17) is 4.74 Å². The van der Waals surface area contributed by atoms with Crippen LogP contribution in [0.1, 0.15) is 26.2 Å². The molecular weight excluding hydrogens is 228 g/mol. The molecule has 0 bridgehead atoms. The SMILES string of the molecule is C=CC(=O)N1CCC(CC)(N2CCOCC2)CC1. The van der Waals surface area contributed by atoms with E-state index < -0.39 is 0 Å². The van der Waals surface area contributed by atoms with Gasteiger partial charge in [-0.1, -0.05) is 13.5 Å². The van der Waals surface area contributed by atoms with E-state index in [1.165, 1.54) is 6.08 Å². The normalized spacial score (nSPS) is 24.8. The lowest BCUT2D eigenvalue weighted by molar-refractivity contribution is -0.129. The lowest BCUT2D eigenvalue weighted by atomic mass is 9.83. The van der Waals surface area contributed by atoms with E-state index in [0.29, 0.717) is 0 Å². The molecule has 0 aromatic rings. The number of rotatable bonds is 3. The van der Waals surface area contributed by atoms with Gasteiger partial charge in [-0.25, -0.2) is 0 Å². The maximum atomic E-state index is 11.6. The highest BCUT2D eigenvalue weighted by atomic mass is 16.5. The average Bonchev–Trinajstić information content (AvgIpc) is 2.47. The minimum Gasteiger partial charge on any atom is -0.379 e. The Balaban J connectivity index is 1.98. The zero-order valence-corrected chi connectivity index (χ0v) is 11.4. The molecule has 0 N–H and O–H groups in total. The van der Waals surface area contributed by atoms with Crippen LogP contribution in [0.4, 0.5) is 0 Å². The van der Waals surface area contributed by atoms with Crippen molar-refractivity contribution in [2.45, 2.75) is 31.7 Å². The van der Waals surface area contributed by atoms with E-state index in [1.54, 1.807) is 0 Å². The molecule has 2 saturated heterocycles. The number of amides is 1. The van der Waals surface area contributed by atoms with E-state index >= 15 is 0 Å². The van der Waals surface area contributed by atoms with Crippen LogP contribution in [0.15, 0.2) is 12.7 Å². The van der Waals surface area contributed by atoms with Crippen LogP contribution < -0.4 is 0 Å². The van der Waals surface area contributed by atoms with Crippen molar-refractivity contribution in [3.63, 3.8) is 0 Å². The highest BCUT2D eigenvalue weighted by Gasteiger charge is 2.39. The fourth-order valence-corrected chi connectivity index (χ4v) is 3.20. The van der Waals surface area contributed by atoms with E-state index in [0.717, 1.165) is 58.7 Å². The summed E-state index contributed by atoms with van der Waals surface area (Å²) >= 11 is 0. The summed E-state index contributed by atoms with van der Waals surface area (Å²) in [5.74, 6) is 0.0710. The number of hydrogen-bond acceptors (Lipinski definition) is 3. The Labute approximate surface area is 110 Å². The van der Waals surface area contributed by atoms with Crippen molar-refractivity contribution in [1.29, 1.82) is 0 Å². The summed E-state index contributed by atoms with van der Waals surface area (Å²) in [6.45, 7) is 11.3. The number of carbonyl (C=O) groups is 1. The molecule has 2 aliphatic heterocycles. The third-order valence-corrected chi connectivity index (χ3v) is 4.52. The van der Waals surface area contributed by atoms with Crippen molar-refractivity contribution >= 4 is 5.91 Å². The van der Waals surface area contributed by atoms with Crippen LogP contribution in [-0.4, -0.2) is 60.6 Å². The van der Waals surface area contributed by atoms with Gasteiger partial charge in [0.1, 0.15) is 0 Å². The first-order valence-electron chi connectivity index (χ1n) is 6.96. The molecule has 0 spiro atoms. The van der Waals surface area contributed by atoms with Crippen LogP contribution in [0.5, 0.6) is 0 Å². The highest BCUT2D eigenvalue weighted by molar-refractivity contribution is 5.87. The summed E-state index contributed by atoms with van der Waals surface area (Å²) < 4.78 is 5.44. The molecule has 2 heterocycles. The number of hydrogen-bond donors (Lipinski definition) is 0. The van der Waals surface area contributed by atoms with E-state index in [9.17, 15) is 4.79 Å². The van der Waals surface area contributed by atoms with Crippen molar-refractivity contribution in [2.75, 3.05) is 39.4 Å². The molecule has 102 valence electrons. The minimum absolute atomic E-state index is 0.0710. The Morgan fingerprint density at radius 1 is 1.28 bits per heavy atom. The number of piperidine rings is 1. The van der Waals surface area contributed by atoms with Crippen molar-refractivity contribution in [2.24, 2.45) is 0 Å². The van der Waals surface area contributed by atoms with Crippen LogP contribution in [0.3, 0.4) is 0 Å². The van der Waals surface area contributed by atoms with Gasteiger partial charge >= 0.3 is 0 Å². The second-order valence-corrected chi connectivity index (χ2v) is 5.21. The molecule has 0 unspecified atom stereocenters. The largest absolute Gasteiger partial charge is 0.379 e. The monoisotopic (exact) mass is 252 g/mol. The van der Waals surface area contributed by atoms with Gasteiger partial charge in [0.05, 0.1) is 13.2 Å². The lowest BCUT2D eigenvalue weighted by Gasteiger charge is -2.49. The molecule has 18 heavy (non-hydrogen) atoms. The van der Waals surface area contributed by atoms with Crippen LogP contribution in [0.2, 0.25) is 0 Å². The molecule has 0 saturated carbocycles. The number of carbonyl (C=O) groups excluding carboxylic acids is 1. The quantitative estimate of drug-likeness (QED) is 0.709. The first-order valence-corrected chi connectivity index (χ1v) is 6.96. The Kier molecular flexibility index (Phi) is 4.40. The van der Waals surface area contributed by atoms with Crippen LogP contribution in [-0.2, 0) is 9.53 Å². The van der Waals surface area contributed by atoms with Crippen molar-refractivity contribution in [3.8, 4) is 0 Å². The molecule has 0 aromatic heterocycles. The molecule has 4 heteroatoms. The Hall–Kier alpha value is -0.870. The molecule has 0 atom stereocenters. The number of nitrogens with zero attached hydrogens (tertiary/aromatic N) is 2. The van der Waals surface area contributed by atoms with Gasteiger partial charge in [-0.15, -0.1) is 0 Å². The van der Waals surface area contributed by atoms with E-state index in [2.05, 4.69) is 18.4 Å².